The normalized spacial score (nSPS) is 19.2. The van der Waals surface area contributed by atoms with E-state index in [4.69, 9.17) is 4.99 Å². The molecule has 0 radical (unpaired) electrons. The third-order valence-corrected chi connectivity index (χ3v) is 4.31. The van der Waals surface area contributed by atoms with Crippen LogP contribution < -0.4 is 5.32 Å². The number of hydrogen-bond donors (Lipinski definition) is 1. The molecule has 0 amide bonds. The van der Waals surface area contributed by atoms with Crippen LogP contribution in [0.5, 0.6) is 0 Å². The SMILES string of the molecule is CCC1CCSC(Nc2cccc3ccncc23)=N1. The molecule has 3 nitrogen and oxygen atoms in total. The van der Waals surface area contributed by atoms with Gasteiger partial charge in [0.25, 0.3) is 0 Å². The van der Waals surface area contributed by atoms with Crippen LogP contribution in [0.3, 0.4) is 0 Å². The van der Waals surface area contributed by atoms with Crippen LogP contribution in [0.25, 0.3) is 10.8 Å². The first-order chi connectivity index (χ1) is 9.36. The molecule has 1 atom stereocenters. The summed E-state index contributed by atoms with van der Waals surface area (Å²) in [5.74, 6) is 1.15. The lowest BCUT2D eigenvalue weighted by molar-refractivity contribution is 0.634. The van der Waals surface area contributed by atoms with Crippen molar-refractivity contribution < 1.29 is 0 Å². The van der Waals surface area contributed by atoms with E-state index in [1.165, 1.54) is 11.8 Å². The van der Waals surface area contributed by atoms with Crippen LogP contribution in [-0.4, -0.2) is 21.9 Å². The monoisotopic (exact) mass is 271 g/mol. The lowest BCUT2D eigenvalue weighted by atomic mass is 10.1. The minimum atomic E-state index is 0.469. The second-order valence-corrected chi connectivity index (χ2v) is 5.74. The number of fused-ring (bicyclic) bond motifs is 1. The molecule has 19 heavy (non-hydrogen) atoms. The van der Waals surface area contributed by atoms with Crippen molar-refractivity contribution in [3.8, 4) is 0 Å². The Kier molecular flexibility index (Phi) is 3.69. The van der Waals surface area contributed by atoms with Gasteiger partial charge in [-0.2, -0.15) is 0 Å². The van der Waals surface area contributed by atoms with Gasteiger partial charge in [-0.25, -0.2) is 0 Å². The highest BCUT2D eigenvalue weighted by atomic mass is 32.2. The van der Waals surface area contributed by atoms with Gasteiger partial charge in [-0.3, -0.25) is 9.98 Å². The number of hydrogen-bond acceptors (Lipinski definition) is 4. The van der Waals surface area contributed by atoms with Crippen molar-refractivity contribution in [2.45, 2.75) is 25.8 Å². The highest BCUT2D eigenvalue weighted by Gasteiger charge is 2.14. The predicted octanol–water partition coefficient (Wildman–Crippen LogP) is 3.92. The number of rotatable bonds is 2. The Hall–Kier alpha value is -1.55. The summed E-state index contributed by atoms with van der Waals surface area (Å²) in [4.78, 5) is 8.96. The Bertz CT molecular complexity index is 604. The lowest BCUT2D eigenvalue weighted by Crippen LogP contribution is -2.19. The average Bonchev–Trinajstić information content (AvgIpc) is 2.48. The van der Waals surface area contributed by atoms with Gasteiger partial charge >= 0.3 is 0 Å². The predicted molar refractivity (Wildman–Crippen MR) is 84.0 cm³/mol. The van der Waals surface area contributed by atoms with Gasteiger partial charge in [-0.05, 0) is 30.4 Å². The zero-order valence-electron chi connectivity index (χ0n) is 11.0. The van der Waals surface area contributed by atoms with E-state index >= 15 is 0 Å². The second kappa shape index (κ2) is 5.61. The second-order valence-electron chi connectivity index (χ2n) is 4.66. The molecule has 0 fully saturated rings. The number of amidine groups is 1. The van der Waals surface area contributed by atoms with Crippen LogP contribution >= 0.6 is 11.8 Å². The lowest BCUT2D eigenvalue weighted by Gasteiger charge is -2.20. The molecule has 0 saturated heterocycles. The molecule has 0 spiro atoms. The van der Waals surface area contributed by atoms with Gasteiger partial charge in [0.1, 0.15) is 0 Å². The van der Waals surface area contributed by atoms with Gasteiger partial charge < -0.3 is 5.32 Å². The van der Waals surface area contributed by atoms with Crippen LogP contribution in [0, 0.1) is 0 Å². The molecule has 1 aliphatic rings. The molecule has 98 valence electrons. The molecular weight excluding hydrogens is 254 g/mol. The third-order valence-electron chi connectivity index (χ3n) is 3.39. The standard InChI is InChI=1S/C15H17N3S/c1-2-12-7-9-19-15(17-12)18-14-5-3-4-11-6-8-16-10-13(11)14/h3-6,8,10,12H,2,7,9H2,1H3,(H,17,18). The fourth-order valence-electron chi connectivity index (χ4n) is 2.26. The van der Waals surface area contributed by atoms with Crippen molar-refractivity contribution in [3.63, 3.8) is 0 Å². The minimum absolute atomic E-state index is 0.469. The van der Waals surface area contributed by atoms with E-state index in [1.54, 1.807) is 11.8 Å². The first-order valence-electron chi connectivity index (χ1n) is 6.67. The summed E-state index contributed by atoms with van der Waals surface area (Å²) >= 11 is 1.80. The van der Waals surface area contributed by atoms with Crippen molar-refractivity contribution in [2.75, 3.05) is 11.1 Å². The Morgan fingerprint density at radius 1 is 1.37 bits per heavy atom. The Labute approximate surface area is 117 Å². The molecule has 1 aromatic carbocycles. The van der Waals surface area contributed by atoms with E-state index in [1.807, 2.05) is 18.5 Å². The Morgan fingerprint density at radius 3 is 3.21 bits per heavy atom. The number of anilines is 1. The molecule has 0 saturated carbocycles. The van der Waals surface area contributed by atoms with E-state index in [-0.39, 0.29) is 0 Å². The molecule has 1 N–H and O–H groups in total. The van der Waals surface area contributed by atoms with Gasteiger partial charge in [0.15, 0.2) is 5.17 Å². The van der Waals surface area contributed by atoms with Crippen molar-refractivity contribution in [3.05, 3.63) is 36.7 Å². The van der Waals surface area contributed by atoms with E-state index in [0.717, 1.165) is 28.4 Å². The smallest absolute Gasteiger partial charge is 0.161 e. The molecule has 0 bridgehead atoms. The fourth-order valence-corrected chi connectivity index (χ4v) is 3.25. The summed E-state index contributed by atoms with van der Waals surface area (Å²) in [5, 5.41) is 6.85. The van der Waals surface area contributed by atoms with Crippen molar-refractivity contribution in [1.82, 2.24) is 4.98 Å². The van der Waals surface area contributed by atoms with Crippen molar-refractivity contribution in [2.24, 2.45) is 4.99 Å². The molecule has 1 aliphatic heterocycles. The van der Waals surface area contributed by atoms with Crippen molar-refractivity contribution in [1.29, 1.82) is 0 Å². The molecular formula is C15H17N3S. The summed E-state index contributed by atoms with van der Waals surface area (Å²) in [6.45, 7) is 2.20. The maximum absolute atomic E-state index is 4.75. The highest BCUT2D eigenvalue weighted by molar-refractivity contribution is 8.14. The molecule has 2 heterocycles. The van der Waals surface area contributed by atoms with E-state index < -0.39 is 0 Å². The number of nitrogens with zero attached hydrogens (tertiary/aromatic N) is 2. The van der Waals surface area contributed by atoms with Gasteiger partial charge in [-0.15, -0.1) is 0 Å². The number of thioether (sulfide) groups is 1. The molecule has 3 rings (SSSR count). The summed E-state index contributed by atoms with van der Waals surface area (Å²) in [6.07, 6.45) is 6.03. The molecule has 1 unspecified atom stereocenters. The molecule has 0 aliphatic carbocycles. The van der Waals surface area contributed by atoms with Crippen molar-refractivity contribution >= 4 is 33.4 Å². The molecule has 2 aromatic rings. The average molecular weight is 271 g/mol. The quantitative estimate of drug-likeness (QED) is 0.899. The zero-order chi connectivity index (χ0) is 13.1. The number of aliphatic imine (C=N–C) groups is 1. The Balaban J connectivity index is 1.91. The topological polar surface area (TPSA) is 37.3 Å². The van der Waals surface area contributed by atoms with Crippen LogP contribution in [-0.2, 0) is 0 Å². The third kappa shape index (κ3) is 2.73. The number of pyridine rings is 1. The molecule has 1 aromatic heterocycles. The van der Waals surface area contributed by atoms with E-state index in [2.05, 4.69) is 35.4 Å². The maximum atomic E-state index is 4.75. The van der Waals surface area contributed by atoms with Gasteiger partial charge in [0.05, 0.1) is 6.04 Å². The summed E-state index contributed by atoms with van der Waals surface area (Å²) in [5.41, 5.74) is 1.09. The first kappa shape index (κ1) is 12.5. The van der Waals surface area contributed by atoms with E-state index in [0.29, 0.717) is 6.04 Å². The van der Waals surface area contributed by atoms with Gasteiger partial charge in [0, 0.05) is 29.2 Å². The van der Waals surface area contributed by atoms with E-state index in [9.17, 15) is 0 Å². The van der Waals surface area contributed by atoms with Gasteiger partial charge in [0.2, 0.25) is 0 Å². The van der Waals surface area contributed by atoms with Crippen LogP contribution in [0.1, 0.15) is 19.8 Å². The highest BCUT2D eigenvalue weighted by Crippen LogP contribution is 2.26. The molecule has 4 heteroatoms. The fraction of sp³-hybridized carbons (Fsp3) is 0.333. The first-order valence-corrected chi connectivity index (χ1v) is 7.65. The summed E-state index contributed by atoms with van der Waals surface area (Å²) in [7, 11) is 0. The zero-order valence-corrected chi connectivity index (χ0v) is 11.8. The summed E-state index contributed by atoms with van der Waals surface area (Å²) < 4.78 is 0. The minimum Gasteiger partial charge on any atom is -0.334 e. The largest absolute Gasteiger partial charge is 0.334 e. The Morgan fingerprint density at radius 2 is 2.32 bits per heavy atom. The van der Waals surface area contributed by atoms with Crippen LogP contribution in [0.4, 0.5) is 5.69 Å². The van der Waals surface area contributed by atoms with Gasteiger partial charge in [-0.1, -0.05) is 30.8 Å². The number of aromatic nitrogens is 1. The van der Waals surface area contributed by atoms with Crippen LogP contribution in [0.15, 0.2) is 41.7 Å². The van der Waals surface area contributed by atoms with Crippen LogP contribution in [0.2, 0.25) is 0 Å². The summed E-state index contributed by atoms with van der Waals surface area (Å²) in [6, 6.07) is 8.76. The maximum Gasteiger partial charge on any atom is 0.161 e. The number of nitrogens with one attached hydrogen (secondary N) is 1. The number of benzene rings is 1.